The summed E-state index contributed by atoms with van der Waals surface area (Å²) in [5, 5.41) is 3.91. The fraction of sp³-hybridized carbons (Fsp3) is 0.500. The van der Waals surface area contributed by atoms with Crippen LogP contribution in [0.5, 0.6) is 5.75 Å². The van der Waals surface area contributed by atoms with Gasteiger partial charge in [0.1, 0.15) is 5.75 Å². The summed E-state index contributed by atoms with van der Waals surface area (Å²) in [5.74, 6) is 1.65. The molecule has 2 aromatic carbocycles. The highest BCUT2D eigenvalue weighted by atomic mass is 79.9. The lowest BCUT2D eigenvalue weighted by atomic mass is 10.0. The number of aromatic nitrogens is 2. The predicted octanol–water partition coefficient (Wildman–Crippen LogP) is 5.26. The summed E-state index contributed by atoms with van der Waals surface area (Å²) in [6.45, 7) is 9.30. The molecule has 1 aromatic heterocycles. The third-order valence-electron chi connectivity index (χ3n) is 9.42. The maximum absolute atomic E-state index is 12.6. The van der Waals surface area contributed by atoms with Gasteiger partial charge in [-0.2, -0.15) is 4.98 Å². The van der Waals surface area contributed by atoms with Crippen LogP contribution in [0.15, 0.2) is 34.9 Å². The van der Waals surface area contributed by atoms with Gasteiger partial charge in [-0.3, -0.25) is 9.21 Å². The Morgan fingerprint density at radius 2 is 1.76 bits per heavy atom. The van der Waals surface area contributed by atoms with Gasteiger partial charge >= 0.3 is 0 Å². The maximum atomic E-state index is 12.6. The number of ether oxygens (including phenoxy) is 1. The van der Waals surface area contributed by atoms with Gasteiger partial charge in [-0.15, -0.1) is 0 Å². The fourth-order valence-corrected chi connectivity index (χ4v) is 7.72. The van der Waals surface area contributed by atoms with E-state index in [1.54, 1.807) is 13.2 Å². The fourth-order valence-electron chi connectivity index (χ4n) is 6.56. The highest BCUT2D eigenvalue weighted by Crippen LogP contribution is 2.42. The SMILES string of the molecule is Cc1cc(Nc2ncc(Br)c(N(C)c3cc4c(cc3N(C)S(C)(=O)=O)CCO4)n2)c(Cl)cc1N1CCC(N2CCN(C)CC2)CC1. The zero-order valence-corrected chi connectivity index (χ0v) is 30.2. The van der Waals surface area contributed by atoms with Gasteiger partial charge in [0.05, 0.1) is 39.4 Å². The van der Waals surface area contributed by atoms with Crippen LogP contribution in [-0.4, -0.2) is 108 Å². The number of halogens is 2. The third-order valence-corrected chi connectivity index (χ3v) is 11.5. The molecule has 14 heteroatoms. The number of hydrogen-bond acceptors (Lipinski definition) is 10. The lowest BCUT2D eigenvalue weighted by Crippen LogP contribution is -2.52. The number of anilines is 6. The lowest BCUT2D eigenvalue weighted by molar-refractivity contribution is 0.0982. The smallest absolute Gasteiger partial charge is 0.232 e. The number of aryl methyl sites for hydroxylation is 1. The van der Waals surface area contributed by atoms with Crippen molar-refractivity contribution in [3.63, 3.8) is 0 Å². The van der Waals surface area contributed by atoms with Gasteiger partial charge in [0.15, 0.2) is 5.82 Å². The second-order valence-electron chi connectivity index (χ2n) is 12.5. The average Bonchev–Trinajstić information content (AvgIpc) is 3.50. The van der Waals surface area contributed by atoms with Crippen molar-refractivity contribution >= 4 is 72.1 Å². The molecule has 0 radical (unpaired) electrons. The molecule has 0 atom stereocenters. The van der Waals surface area contributed by atoms with Gasteiger partial charge < -0.3 is 24.8 Å². The van der Waals surface area contributed by atoms with Gasteiger partial charge in [-0.1, -0.05) is 11.6 Å². The summed E-state index contributed by atoms with van der Waals surface area (Å²) >= 11 is 10.5. The molecule has 3 aromatic rings. The van der Waals surface area contributed by atoms with E-state index >= 15 is 0 Å². The molecule has 3 aliphatic heterocycles. The predicted molar refractivity (Wildman–Crippen MR) is 190 cm³/mol. The molecule has 2 saturated heterocycles. The summed E-state index contributed by atoms with van der Waals surface area (Å²) in [6.07, 6.45) is 5.90. The van der Waals surface area contributed by atoms with Crippen LogP contribution in [0.1, 0.15) is 24.0 Å². The Kier molecular flexibility index (Phi) is 9.60. The molecule has 0 bridgehead atoms. The molecule has 11 nitrogen and oxygen atoms in total. The molecule has 3 aliphatic rings. The van der Waals surface area contributed by atoms with Crippen LogP contribution in [0.3, 0.4) is 0 Å². The Labute approximate surface area is 285 Å². The summed E-state index contributed by atoms with van der Waals surface area (Å²) in [5.41, 5.74) is 5.15. The quantitative estimate of drug-likeness (QED) is 0.331. The molecule has 0 saturated carbocycles. The van der Waals surface area contributed by atoms with E-state index in [-0.39, 0.29) is 0 Å². The Morgan fingerprint density at radius 3 is 2.46 bits per heavy atom. The molecule has 0 unspecified atom stereocenters. The second kappa shape index (κ2) is 13.3. The van der Waals surface area contributed by atoms with E-state index in [0.29, 0.717) is 45.3 Å². The van der Waals surface area contributed by atoms with E-state index < -0.39 is 10.0 Å². The van der Waals surface area contributed by atoms with Gasteiger partial charge in [0.25, 0.3) is 0 Å². The molecule has 2 fully saturated rings. The largest absolute Gasteiger partial charge is 0.493 e. The minimum absolute atomic E-state index is 0.363. The number of nitrogens with one attached hydrogen (secondary N) is 1. The highest BCUT2D eigenvalue weighted by Gasteiger charge is 2.28. The number of benzene rings is 2. The van der Waals surface area contributed by atoms with Crippen molar-refractivity contribution < 1.29 is 13.2 Å². The zero-order valence-electron chi connectivity index (χ0n) is 27.1. The van der Waals surface area contributed by atoms with Crippen molar-refractivity contribution in [3.8, 4) is 5.75 Å². The van der Waals surface area contributed by atoms with E-state index in [4.69, 9.17) is 21.3 Å². The van der Waals surface area contributed by atoms with Crippen LogP contribution in [0.4, 0.5) is 34.5 Å². The molecule has 0 aliphatic carbocycles. The molecular formula is C32H42BrClN8O3S. The minimum atomic E-state index is -3.51. The normalized spacial score (nSPS) is 17.9. The molecule has 6 rings (SSSR count). The zero-order chi connectivity index (χ0) is 32.7. The highest BCUT2D eigenvalue weighted by molar-refractivity contribution is 9.10. The van der Waals surface area contributed by atoms with Crippen molar-refractivity contribution in [1.29, 1.82) is 0 Å². The number of nitrogens with zero attached hydrogens (tertiary/aromatic N) is 7. The first-order valence-electron chi connectivity index (χ1n) is 15.6. The van der Waals surface area contributed by atoms with Crippen LogP contribution in [-0.2, 0) is 16.4 Å². The van der Waals surface area contributed by atoms with Crippen molar-refractivity contribution in [3.05, 3.63) is 51.1 Å². The van der Waals surface area contributed by atoms with Gasteiger partial charge in [0, 0.05) is 83.8 Å². The first kappa shape index (κ1) is 33.1. The number of piperidine rings is 1. The van der Waals surface area contributed by atoms with Crippen LogP contribution < -0.4 is 24.2 Å². The number of fused-ring (bicyclic) bond motifs is 1. The molecule has 1 N–H and O–H groups in total. The summed E-state index contributed by atoms with van der Waals surface area (Å²) in [6, 6.07) is 8.49. The second-order valence-corrected chi connectivity index (χ2v) is 15.8. The van der Waals surface area contributed by atoms with E-state index in [0.717, 1.165) is 86.8 Å². The first-order valence-corrected chi connectivity index (χ1v) is 18.7. The van der Waals surface area contributed by atoms with E-state index in [9.17, 15) is 8.42 Å². The van der Waals surface area contributed by atoms with Crippen LogP contribution in [0.2, 0.25) is 5.02 Å². The number of likely N-dealkylation sites (N-methyl/N-ethyl adjacent to an activating group) is 1. The number of piperazine rings is 1. The third kappa shape index (κ3) is 6.89. The topological polar surface area (TPSA) is 97.4 Å². The average molecular weight is 734 g/mol. The summed E-state index contributed by atoms with van der Waals surface area (Å²) in [7, 11) is 2.08. The van der Waals surface area contributed by atoms with Crippen molar-refractivity contribution in [2.75, 3.05) is 92.7 Å². The molecular weight excluding hydrogens is 692 g/mol. The first-order chi connectivity index (χ1) is 21.9. The van der Waals surface area contributed by atoms with Crippen molar-refractivity contribution in [2.45, 2.75) is 32.2 Å². The Morgan fingerprint density at radius 1 is 1.04 bits per heavy atom. The molecule has 46 heavy (non-hydrogen) atoms. The summed E-state index contributed by atoms with van der Waals surface area (Å²) < 4.78 is 32.9. The van der Waals surface area contributed by atoms with Gasteiger partial charge in [-0.05, 0) is 72.1 Å². The van der Waals surface area contributed by atoms with Crippen LogP contribution in [0.25, 0.3) is 0 Å². The van der Waals surface area contributed by atoms with Gasteiger partial charge in [-0.25, -0.2) is 13.4 Å². The molecule has 248 valence electrons. The van der Waals surface area contributed by atoms with E-state index in [2.05, 4.69) is 61.0 Å². The van der Waals surface area contributed by atoms with Crippen LogP contribution >= 0.6 is 27.5 Å². The standard InChI is InChI=1S/C32H42BrClN8O3S/c1-21-16-26(25(34)18-27(21)42-9-6-23(7-10-42)41-13-11-38(2)12-14-41)36-32-35-20-24(33)31(37-32)39(3)28-19-30-22(8-15-45-30)17-29(28)40(4)46(5,43)44/h16-20,23H,6-15H2,1-5H3,(H,35,36,37). The van der Waals surface area contributed by atoms with E-state index in [1.807, 2.05) is 30.1 Å². The Balaban J connectivity index is 1.20. The number of hydrogen-bond donors (Lipinski definition) is 1. The number of rotatable bonds is 8. The molecule has 0 amide bonds. The number of sulfonamides is 1. The van der Waals surface area contributed by atoms with Crippen molar-refractivity contribution in [2.24, 2.45) is 0 Å². The monoisotopic (exact) mass is 732 g/mol. The Bertz CT molecular complexity index is 1710. The maximum Gasteiger partial charge on any atom is 0.232 e. The molecule has 4 heterocycles. The van der Waals surface area contributed by atoms with E-state index in [1.165, 1.54) is 10.6 Å². The molecule has 0 spiro atoms. The van der Waals surface area contributed by atoms with Crippen LogP contribution in [0, 0.1) is 6.92 Å². The lowest BCUT2D eigenvalue weighted by Gasteiger charge is -2.43. The van der Waals surface area contributed by atoms with Gasteiger partial charge in [0.2, 0.25) is 16.0 Å². The summed E-state index contributed by atoms with van der Waals surface area (Å²) in [4.78, 5) is 18.7. The minimum Gasteiger partial charge on any atom is -0.493 e. The Hall–Kier alpha value is -2.84. The van der Waals surface area contributed by atoms with Crippen molar-refractivity contribution in [1.82, 2.24) is 19.8 Å².